The van der Waals surface area contributed by atoms with Gasteiger partial charge in [0.25, 0.3) is 0 Å². The zero-order valence-electron chi connectivity index (χ0n) is 13.8. The van der Waals surface area contributed by atoms with Crippen LogP contribution in [0.5, 0.6) is 0 Å². The van der Waals surface area contributed by atoms with Crippen molar-refractivity contribution >= 4 is 12.1 Å². The molecule has 21 heavy (non-hydrogen) atoms. The van der Waals surface area contributed by atoms with E-state index in [9.17, 15) is 9.59 Å². The number of carbonyl (C=O) groups is 2. The fraction of sp³-hybridized carbons (Fsp3) is 0.474. The molecule has 0 aromatic rings. The summed E-state index contributed by atoms with van der Waals surface area (Å²) in [4.78, 5) is 21.1. The number of carbonyl (C=O) groups excluding carboxylic acids is 2. The lowest BCUT2D eigenvalue weighted by Gasteiger charge is -2.01. The summed E-state index contributed by atoms with van der Waals surface area (Å²) in [6.07, 6.45) is 15.4. The predicted molar refractivity (Wildman–Crippen MR) is 90.2 cm³/mol. The van der Waals surface area contributed by atoms with Crippen LogP contribution in [0.2, 0.25) is 0 Å². The van der Waals surface area contributed by atoms with Crippen molar-refractivity contribution in [3.8, 4) is 0 Å². The molecule has 0 aliphatic heterocycles. The zero-order valence-corrected chi connectivity index (χ0v) is 13.8. The summed E-state index contributed by atoms with van der Waals surface area (Å²) >= 11 is 0. The Morgan fingerprint density at radius 2 is 1.48 bits per heavy atom. The molecule has 0 radical (unpaired) electrons. The minimum absolute atomic E-state index is 0.108. The van der Waals surface area contributed by atoms with Crippen molar-refractivity contribution in [2.24, 2.45) is 0 Å². The van der Waals surface area contributed by atoms with Crippen molar-refractivity contribution < 1.29 is 9.59 Å². The number of rotatable bonds is 10. The standard InChI is InChI=1S/C19H28O2/c1-16(8-5-6-11-19(4)21)9-7-10-17(2)12-13-18(3)14-15-20/h6,9,11-12,14-15H,5,7-8,10,13H2,1-4H3/b11-6+,16-9+,17-12+,18-14+. The Morgan fingerprint density at radius 1 is 0.857 bits per heavy atom. The van der Waals surface area contributed by atoms with Gasteiger partial charge in [-0.25, -0.2) is 0 Å². The Morgan fingerprint density at radius 3 is 2.10 bits per heavy atom. The number of hydrogen-bond donors (Lipinski definition) is 0. The van der Waals surface area contributed by atoms with E-state index in [0.29, 0.717) is 0 Å². The van der Waals surface area contributed by atoms with Crippen LogP contribution >= 0.6 is 0 Å². The molecule has 0 aliphatic rings. The van der Waals surface area contributed by atoms with Gasteiger partial charge in [-0.2, -0.15) is 0 Å². The average molecular weight is 288 g/mol. The molecule has 0 rings (SSSR count). The lowest BCUT2D eigenvalue weighted by molar-refractivity contribution is -0.112. The normalized spacial score (nSPS) is 13.8. The van der Waals surface area contributed by atoms with Gasteiger partial charge in [0, 0.05) is 0 Å². The average Bonchev–Trinajstić information content (AvgIpc) is 2.41. The summed E-state index contributed by atoms with van der Waals surface area (Å²) in [7, 11) is 0. The highest BCUT2D eigenvalue weighted by Gasteiger charge is 1.93. The van der Waals surface area contributed by atoms with Gasteiger partial charge in [0.2, 0.25) is 0 Å². The summed E-state index contributed by atoms with van der Waals surface area (Å²) in [5.41, 5.74) is 3.82. The number of ketones is 1. The molecule has 0 amide bonds. The lowest BCUT2D eigenvalue weighted by atomic mass is 10.1. The van der Waals surface area contributed by atoms with E-state index in [1.54, 1.807) is 19.1 Å². The van der Waals surface area contributed by atoms with Gasteiger partial charge in [-0.1, -0.05) is 34.9 Å². The molecule has 0 aromatic heterocycles. The molecular formula is C19H28O2. The minimum Gasteiger partial charge on any atom is -0.299 e. The second-order valence-electron chi connectivity index (χ2n) is 5.54. The zero-order chi connectivity index (χ0) is 16.1. The fourth-order valence-electron chi connectivity index (χ4n) is 1.83. The maximum absolute atomic E-state index is 10.8. The Balaban J connectivity index is 4.01. The molecule has 0 aliphatic carbocycles. The molecule has 0 saturated heterocycles. The molecule has 0 saturated carbocycles. The van der Waals surface area contributed by atoms with Crippen LogP contribution in [0.1, 0.15) is 59.8 Å². The van der Waals surface area contributed by atoms with Crippen LogP contribution in [0.4, 0.5) is 0 Å². The lowest BCUT2D eigenvalue weighted by Crippen LogP contribution is -1.83. The van der Waals surface area contributed by atoms with Crippen molar-refractivity contribution in [1.29, 1.82) is 0 Å². The van der Waals surface area contributed by atoms with Crippen LogP contribution in [-0.4, -0.2) is 12.1 Å². The Kier molecular flexibility index (Phi) is 11.1. The summed E-state index contributed by atoms with van der Waals surface area (Å²) in [5, 5.41) is 0. The number of aldehydes is 1. The Labute approximate surface area is 129 Å². The summed E-state index contributed by atoms with van der Waals surface area (Å²) in [6, 6.07) is 0. The van der Waals surface area contributed by atoms with Crippen molar-refractivity contribution in [3.63, 3.8) is 0 Å². The minimum atomic E-state index is 0.108. The quantitative estimate of drug-likeness (QED) is 0.317. The van der Waals surface area contributed by atoms with Gasteiger partial charge in [-0.05, 0) is 72.0 Å². The van der Waals surface area contributed by atoms with Crippen LogP contribution in [0, 0.1) is 0 Å². The molecule has 0 aromatic carbocycles. The molecule has 0 N–H and O–H groups in total. The second-order valence-corrected chi connectivity index (χ2v) is 5.54. The maximum atomic E-state index is 10.8. The van der Waals surface area contributed by atoms with Crippen LogP contribution in [-0.2, 0) is 9.59 Å². The van der Waals surface area contributed by atoms with Gasteiger partial charge >= 0.3 is 0 Å². The molecule has 0 fully saturated rings. The van der Waals surface area contributed by atoms with Gasteiger partial charge in [-0.15, -0.1) is 0 Å². The molecule has 0 bridgehead atoms. The largest absolute Gasteiger partial charge is 0.299 e. The molecule has 0 atom stereocenters. The highest BCUT2D eigenvalue weighted by atomic mass is 16.1. The smallest absolute Gasteiger partial charge is 0.152 e. The fourth-order valence-corrected chi connectivity index (χ4v) is 1.83. The Bertz CT molecular complexity index is 448. The van der Waals surface area contributed by atoms with Crippen molar-refractivity contribution in [1.82, 2.24) is 0 Å². The summed E-state index contributed by atoms with van der Waals surface area (Å²) in [5.74, 6) is 0.108. The van der Waals surface area contributed by atoms with Crippen LogP contribution < -0.4 is 0 Å². The van der Waals surface area contributed by atoms with Gasteiger partial charge in [0.05, 0.1) is 0 Å². The van der Waals surface area contributed by atoms with E-state index >= 15 is 0 Å². The SMILES string of the molecule is CC(=O)/C=C/CC/C(C)=C/CC/C(C)=C/C/C(C)=C/C=O. The predicted octanol–water partition coefficient (Wildman–Crippen LogP) is 5.12. The van der Waals surface area contributed by atoms with Crippen LogP contribution in [0.25, 0.3) is 0 Å². The van der Waals surface area contributed by atoms with E-state index in [1.807, 2.05) is 13.0 Å². The number of hydrogen-bond acceptors (Lipinski definition) is 2. The second kappa shape index (κ2) is 12.1. The highest BCUT2D eigenvalue weighted by Crippen LogP contribution is 2.12. The van der Waals surface area contributed by atoms with E-state index in [4.69, 9.17) is 0 Å². The van der Waals surface area contributed by atoms with Crippen LogP contribution in [0.15, 0.2) is 47.1 Å². The number of allylic oxidation sites excluding steroid dienone is 8. The van der Waals surface area contributed by atoms with Gasteiger partial charge in [0.15, 0.2) is 5.78 Å². The first-order valence-electron chi connectivity index (χ1n) is 7.55. The molecular weight excluding hydrogens is 260 g/mol. The van der Waals surface area contributed by atoms with E-state index < -0.39 is 0 Å². The summed E-state index contributed by atoms with van der Waals surface area (Å²) < 4.78 is 0. The van der Waals surface area contributed by atoms with Gasteiger partial charge < -0.3 is 0 Å². The molecule has 2 nitrogen and oxygen atoms in total. The Hall–Kier alpha value is -1.70. The monoisotopic (exact) mass is 288 g/mol. The van der Waals surface area contributed by atoms with E-state index in [1.165, 1.54) is 11.1 Å². The van der Waals surface area contributed by atoms with Crippen LogP contribution in [0.3, 0.4) is 0 Å². The topological polar surface area (TPSA) is 34.1 Å². The van der Waals surface area contributed by atoms with E-state index in [-0.39, 0.29) is 5.78 Å². The van der Waals surface area contributed by atoms with Crippen molar-refractivity contribution in [2.75, 3.05) is 0 Å². The molecule has 2 heteroatoms. The molecule has 116 valence electrons. The van der Waals surface area contributed by atoms with Crippen molar-refractivity contribution in [2.45, 2.75) is 59.8 Å². The third-order valence-electron chi connectivity index (χ3n) is 3.21. The first-order chi connectivity index (χ1) is 9.95. The third-order valence-corrected chi connectivity index (χ3v) is 3.21. The van der Waals surface area contributed by atoms with Crippen molar-refractivity contribution in [3.05, 3.63) is 47.1 Å². The molecule has 0 unspecified atom stereocenters. The third kappa shape index (κ3) is 13.1. The highest BCUT2D eigenvalue weighted by molar-refractivity contribution is 5.87. The summed E-state index contributed by atoms with van der Waals surface area (Å²) in [6.45, 7) is 7.81. The molecule has 0 spiro atoms. The molecule has 0 heterocycles. The first kappa shape index (κ1) is 19.3. The van der Waals surface area contributed by atoms with Gasteiger partial charge in [-0.3, -0.25) is 9.59 Å². The maximum Gasteiger partial charge on any atom is 0.152 e. The van der Waals surface area contributed by atoms with E-state index in [2.05, 4.69) is 26.0 Å². The van der Waals surface area contributed by atoms with E-state index in [0.717, 1.165) is 44.0 Å². The van der Waals surface area contributed by atoms with Gasteiger partial charge in [0.1, 0.15) is 6.29 Å². The first-order valence-corrected chi connectivity index (χ1v) is 7.55.